The van der Waals surface area contributed by atoms with Crippen molar-refractivity contribution in [3.8, 4) is 0 Å². The number of hydrogen-bond acceptors (Lipinski definition) is 5. The van der Waals surface area contributed by atoms with Crippen LogP contribution < -0.4 is 5.32 Å². The first-order valence-electron chi connectivity index (χ1n) is 6.72. The Balaban J connectivity index is 2.04. The minimum absolute atomic E-state index is 0.137. The maximum Gasteiger partial charge on any atom is 0.312 e. The van der Waals surface area contributed by atoms with E-state index in [0.29, 0.717) is 13.0 Å². The van der Waals surface area contributed by atoms with Crippen LogP contribution >= 0.6 is 11.6 Å². The Morgan fingerprint density at radius 3 is 2.73 bits per heavy atom. The second-order valence-corrected chi connectivity index (χ2v) is 5.53. The van der Waals surface area contributed by atoms with E-state index in [9.17, 15) is 15.2 Å². The summed E-state index contributed by atoms with van der Waals surface area (Å²) in [4.78, 5) is 14.4. The van der Waals surface area contributed by atoms with Gasteiger partial charge in [-0.1, -0.05) is 41.9 Å². The molecule has 1 atom stereocenters. The fourth-order valence-corrected chi connectivity index (χ4v) is 2.22. The Hall–Kier alpha value is -2.18. The number of rotatable bonds is 6. The molecule has 0 saturated carbocycles. The van der Waals surface area contributed by atoms with Gasteiger partial charge in [-0.2, -0.15) is 0 Å². The lowest BCUT2D eigenvalue weighted by Crippen LogP contribution is -2.25. The first kappa shape index (κ1) is 16.2. The van der Waals surface area contributed by atoms with E-state index in [1.165, 1.54) is 12.3 Å². The van der Waals surface area contributed by atoms with Gasteiger partial charge >= 0.3 is 5.69 Å². The number of aliphatic hydroxyl groups is 1. The molecule has 6 nitrogen and oxygen atoms in total. The number of benzene rings is 1. The van der Waals surface area contributed by atoms with Gasteiger partial charge in [-0.15, -0.1) is 0 Å². The molecule has 0 bridgehead atoms. The summed E-state index contributed by atoms with van der Waals surface area (Å²) in [5.41, 5.74) is -0.433. The van der Waals surface area contributed by atoms with E-state index in [-0.39, 0.29) is 16.5 Å². The van der Waals surface area contributed by atoms with Gasteiger partial charge in [0.2, 0.25) is 5.82 Å². The third-order valence-corrected chi connectivity index (χ3v) is 3.54. The Morgan fingerprint density at radius 2 is 2.09 bits per heavy atom. The summed E-state index contributed by atoms with van der Waals surface area (Å²) in [7, 11) is 0. The summed E-state index contributed by atoms with van der Waals surface area (Å²) < 4.78 is 0. The van der Waals surface area contributed by atoms with Crippen LogP contribution in [0.5, 0.6) is 0 Å². The molecule has 1 aromatic heterocycles. The van der Waals surface area contributed by atoms with Crippen molar-refractivity contribution in [2.75, 3.05) is 11.9 Å². The maximum absolute atomic E-state index is 11.0. The zero-order valence-corrected chi connectivity index (χ0v) is 12.7. The standard InChI is InChI=1S/C15H16ClN3O3/c1-15(20,11-5-3-2-4-6-11)7-8-17-14-13(19(21)22)9-12(16)10-18-14/h2-6,9-10,20H,7-8H2,1H3,(H,17,18). The number of halogens is 1. The lowest BCUT2D eigenvalue weighted by Gasteiger charge is -2.24. The van der Waals surface area contributed by atoms with E-state index >= 15 is 0 Å². The van der Waals surface area contributed by atoms with E-state index in [0.717, 1.165) is 5.56 Å². The van der Waals surface area contributed by atoms with Crippen LogP contribution in [0, 0.1) is 10.1 Å². The topological polar surface area (TPSA) is 88.3 Å². The van der Waals surface area contributed by atoms with Crippen molar-refractivity contribution in [3.05, 3.63) is 63.3 Å². The van der Waals surface area contributed by atoms with Gasteiger partial charge < -0.3 is 10.4 Å². The molecule has 116 valence electrons. The van der Waals surface area contributed by atoms with Crippen molar-refractivity contribution in [2.45, 2.75) is 18.9 Å². The number of nitro groups is 1. The molecule has 0 aliphatic carbocycles. The fourth-order valence-electron chi connectivity index (χ4n) is 2.07. The van der Waals surface area contributed by atoms with E-state index in [2.05, 4.69) is 10.3 Å². The molecule has 0 radical (unpaired) electrons. The number of anilines is 1. The van der Waals surface area contributed by atoms with Gasteiger partial charge in [0.25, 0.3) is 0 Å². The van der Waals surface area contributed by atoms with Crippen LogP contribution in [0.4, 0.5) is 11.5 Å². The molecule has 0 aliphatic rings. The van der Waals surface area contributed by atoms with E-state index in [4.69, 9.17) is 11.6 Å². The average molecular weight is 322 g/mol. The second kappa shape index (κ2) is 6.72. The summed E-state index contributed by atoms with van der Waals surface area (Å²) >= 11 is 5.71. The van der Waals surface area contributed by atoms with E-state index < -0.39 is 10.5 Å². The van der Waals surface area contributed by atoms with Gasteiger partial charge in [-0.05, 0) is 18.9 Å². The summed E-state index contributed by atoms with van der Waals surface area (Å²) in [6, 6.07) is 10.5. The first-order valence-corrected chi connectivity index (χ1v) is 7.09. The van der Waals surface area contributed by atoms with Gasteiger partial charge in [0.1, 0.15) is 0 Å². The summed E-state index contributed by atoms with van der Waals surface area (Å²) in [6.45, 7) is 2.03. The quantitative estimate of drug-likeness (QED) is 0.629. The van der Waals surface area contributed by atoms with E-state index in [1.807, 2.05) is 30.3 Å². The number of nitrogens with zero attached hydrogens (tertiary/aromatic N) is 2. The number of nitrogens with one attached hydrogen (secondary N) is 1. The van der Waals surface area contributed by atoms with Crippen molar-refractivity contribution in [2.24, 2.45) is 0 Å². The van der Waals surface area contributed by atoms with Gasteiger partial charge in [-0.3, -0.25) is 10.1 Å². The Morgan fingerprint density at radius 1 is 1.41 bits per heavy atom. The van der Waals surface area contributed by atoms with Crippen LogP contribution in [0.25, 0.3) is 0 Å². The van der Waals surface area contributed by atoms with Crippen LogP contribution in [0.2, 0.25) is 5.02 Å². The average Bonchev–Trinajstić information content (AvgIpc) is 2.49. The van der Waals surface area contributed by atoms with Crippen molar-refractivity contribution in [3.63, 3.8) is 0 Å². The second-order valence-electron chi connectivity index (χ2n) is 5.10. The number of aromatic nitrogens is 1. The lowest BCUT2D eigenvalue weighted by molar-refractivity contribution is -0.384. The Labute approximate surface area is 132 Å². The molecule has 1 heterocycles. The highest BCUT2D eigenvalue weighted by molar-refractivity contribution is 6.30. The third-order valence-electron chi connectivity index (χ3n) is 3.33. The molecule has 1 unspecified atom stereocenters. The summed E-state index contributed by atoms with van der Waals surface area (Å²) in [5.74, 6) is 0.137. The van der Waals surface area contributed by atoms with Crippen LogP contribution in [0.3, 0.4) is 0 Å². The normalized spacial score (nSPS) is 13.4. The zero-order valence-electron chi connectivity index (χ0n) is 12.0. The Bertz CT molecular complexity index is 662. The monoisotopic (exact) mass is 321 g/mol. The minimum atomic E-state index is -1.03. The predicted molar refractivity (Wildman–Crippen MR) is 85.0 cm³/mol. The minimum Gasteiger partial charge on any atom is -0.385 e. The molecule has 2 N–H and O–H groups in total. The third kappa shape index (κ3) is 3.93. The highest BCUT2D eigenvalue weighted by atomic mass is 35.5. The van der Waals surface area contributed by atoms with Crippen LogP contribution in [0.15, 0.2) is 42.6 Å². The highest BCUT2D eigenvalue weighted by Crippen LogP contribution is 2.27. The molecular formula is C15H16ClN3O3. The van der Waals surface area contributed by atoms with Gasteiger partial charge in [-0.25, -0.2) is 4.98 Å². The van der Waals surface area contributed by atoms with Crippen molar-refractivity contribution >= 4 is 23.1 Å². The predicted octanol–water partition coefficient (Wildman–Crippen LogP) is 3.35. The van der Waals surface area contributed by atoms with Crippen molar-refractivity contribution < 1.29 is 10.0 Å². The zero-order chi connectivity index (χ0) is 16.2. The molecule has 1 aromatic carbocycles. The van der Waals surface area contributed by atoms with Crippen molar-refractivity contribution in [1.82, 2.24) is 4.98 Å². The molecule has 7 heteroatoms. The van der Waals surface area contributed by atoms with Gasteiger partial charge in [0.05, 0.1) is 15.5 Å². The highest BCUT2D eigenvalue weighted by Gasteiger charge is 2.23. The molecule has 0 spiro atoms. The molecular weight excluding hydrogens is 306 g/mol. The smallest absolute Gasteiger partial charge is 0.312 e. The van der Waals surface area contributed by atoms with Crippen LogP contribution in [-0.4, -0.2) is 21.6 Å². The maximum atomic E-state index is 11.0. The van der Waals surface area contributed by atoms with Gasteiger partial charge in [0, 0.05) is 18.8 Å². The lowest BCUT2D eigenvalue weighted by atomic mass is 9.93. The van der Waals surface area contributed by atoms with Crippen molar-refractivity contribution in [1.29, 1.82) is 0 Å². The molecule has 2 aromatic rings. The molecule has 2 rings (SSSR count). The summed E-state index contributed by atoms with van der Waals surface area (Å²) in [6.07, 6.45) is 1.71. The van der Waals surface area contributed by atoms with Crippen LogP contribution in [-0.2, 0) is 5.60 Å². The number of pyridine rings is 1. The van der Waals surface area contributed by atoms with E-state index in [1.54, 1.807) is 6.92 Å². The molecule has 0 fully saturated rings. The SMILES string of the molecule is CC(O)(CCNc1ncc(Cl)cc1[N+](=O)[O-])c1ccccc1. The first-order chi connectivity index (χ1) is 10.4. The number of hydrogen-bond donors (Lipinski definition) is 2. The van der Waals surface area contributed by atoms with Gasteiger partial charge in [0.15, 0.2) is 0 Å². The summed E-state index contributed by atoms with van der Waals surface area (Å²) in [5, 5.41) is 24.5. The fraction of sp³-hybridized carbons (Fsp3) is 0.267. The molecule has 0 aliphatic heterocycles. The molecule has 0 saturated heterocycles. The molecule has 0 amide bonds. The molecule has 22 heavy (non-hydrogen) atoms. The largest absolute Gasteiger partial charge is 0.385 e. The van der Waals surface area contributed by atoms with Crippen LogP contribution in [0.1, 0.15) is 18.9 Å². The Kier molecular flexibility index (Phi) is 4.95.